The summed E-state index contributed by atoms with van der Waals surface area (Å²) in [5.41, 5.74) is 6.95. The Balaban J connectivity index is 3.24. The van der Waals surface area contributed by atoms with Crippen molar-refractivity contribution in [2.24, 2.45) is 5.73 Å². The normalized spacial score (nSPS) is 9.79. The van der Waals surface area contributed by atoms with Gasteiger partial charge in [-0.05, 0) is 6.42 Å². The molecule has 0 aromatic carbocycles. The molecule has 0 fully saturated rings. The van der Waals surface area contributed by atoms with Crippen molar-refractivity contribution >= 4 is 11.8 Å². The summed E-state index contributed by atoms with van der Waals surface area (Å²) in [4.78, 5) is 25.8. The van der Waals surface area contributed by atoms with E-state index in [0.29, 0.717) is 6.42 Å². The lowest BCUT2D eigenvalue weighted by molar-refractivity contribution is -0.138. The molecule has 0 atom stereocenters. The number of carbonyl (C=O) groups excluding carboxylic acids is 2. The number of hydrogen-bond acceptors (Lipinski definition) is 3. The summed E-state index contributed by atoms with van der Waals surface area (Å²) in [6.45, 7) is 1.83. The fourth-order valence-electron chi connectivity index (χ4n) is 0.951. The zero-order chi connectivity index (χ0) is 10.8. The molecule has 14 heavy (non-hydrogen) atoms. The summed E-state index contributed by atoms with van der Waals surface area (Å²) < 4.78 is 0. The highest BCUT2D eigenvalue weighted by molar-refractivity contribution is 5.76. The Kier molecular flexibility index (Phi) is 7.83. The van der Waals surface area contributed by atoms with Gasteiger partial charge in [-0.1, -0.05) is 26.2 Å². The van der Waals surface area contributed by atoms with Crippen molar-refractivity contribution in [2.75, 3.05) is 6.61 Å². The minimum absolute atomic E-state index is 0.206. The van der Waals surface area contributed by atoms with Crippen LogP contribution in [0.5, 0.6) is 0 Å². The van der Waals surface area contributed by atoms with Crippen molar-refractivity contribution in [3.8, 4) is 0 Å². The molecule has 5 heteroatoms. The van der Waals surface area contributed by atoms with Crippen LogP contribution in [0.2, 0.25) is 0 Å². The second kappa shape index (κ2) is 8.50. The molecular weight excluding hydrogens is 184 g/mol. The van der Waals surface area contributed by atoms with E-state index in [0.717, 1.165) is 25.7 Å². The van der Waals surface area contributed by atoms with E-state index in [2.05, 4.69) is 17.2 Å². The summed E-state index contributed by atoms with van der Waals surface area (Å²) in [6.07, 6.45) is 4.59. The van der Waals surface area contributed by atoms with Gasteiger partial charge in [0, 0.05) is 6.42 Å². The van der Waals surface area contributed by atoms with Crippen molar-refractivity contribution in [1.82, 2.24) is 5.48 Å². The standard InChI is InChI=1S/C9H18N2O3/c1-2-3-4-5-6-9(13)11-14-7-8(10)12/h2-7H2,1H3,(H2,10,12)(H,11,13). The molecule has 3 N–H and O–H groups in total. The van der Waals surface area contributed by atoms with Crippen molar-refractivity contribution in [3.05, 3.63) is 0 Å². The van der Waals surface area contributed by atoms with Gasteiger partial charge in [0.2, 0.25) is 11.8 Å². The molecule has 0 heterocycles. The van der Waals surface area contributed by atoms with Crippen LogP contribution in [0.15, 0.2) is 0 Å². The second-order valence-corrected chi connectivity index (χ2v) is 3.09. The number of primary amides is 1. The molecule has 0 aliphatic rings. The van der Waals surface area contributed by atoms with Gasteiger partial charge in [0.25, 0.3) is 0 Å². The van der Waals surface area contributed by atoms with Crippen molar-refractivity contribution in [1.29, 1.82) is 0 Å². The highest BCUT2D eigenvalue weighted by Gasteiger charge is 2.01. The minimum Gasteiger partial charge on any atom is -0.368 e. The predicted molar refractivity (Wildman–Crippen MR) is 52.0 cm³/mol. The Labute approximate surface area is 83.9 Å². The number of hydrogen-bond donors (Lipinski definition) is 2. The van der Waals surface area contributed by atoms with Gasteiger partial charge in [0.15, 0.2) is 6.61 Å². The van der Waals surface area contributed by atoms with Crippen molar-refractivity contribution < 1.29 is 14.4 Å². The van der Waals surface area contributed by atoms with Gasteiger partial charge in [0.1, 0.15) is 0 Å². The Bertz CT molecular complexity index is 183. The van der Waals surface area contributed by atoms with E-state index in [1.165, 1.54) is 0 Å². The number of nitrogens with one attached hydrogen (secondary N) is 1. The summed E-state index contributed by atoms with van der Waals surface area (Å²) in [5, 5.41) is 0. The zero-order valence-corrected chi connectivity index (χ0v) is 8.54. The topological polar surface area (TPSA) is 81.4 Å². The van der Waals surface area contributed by atoms with E-state index in [4.69, 9.17) is 5.73 Å². The van der Waals surface area contributed by atoms with Crippen LogP contribution in [-0.2, 0) is 14.4 Å². The van der Waals surface area contributed by atoms with Crippen molar-refractivity contribution in [2.45, 2.75) is 39.0 Å². The van der Waals surface area contributed by atoms with Gasteiger partial charge in [-0.2, -0.15) is 0 Å². The Morgan fingerprint density at radius 2 is 2.00 bits per heavy atom. The number of unbranched alkanes of at least 4 members (excludes halogenated alkanes) is 3. The molecule has 0 rings (SSSR count). The molecule has 0 radical (unpaired) electrons. The second-order valence-electron chi connectivity index (χ2n) is 3.09. The van der Waals surface area contributed by atoms with E-state index in [1.807, 2.05) is 0 Å². The Morgan fingerprint density at radius 1 is 1.29 bits per heavy atom. The predicted octanol–water partition coefficient (Wildman–Crippen LogP) is 0.490. The molecule has 0 bridgehead atoms. The molecule has 0 saturated carbocycles. The fourth-order valence-corrected chi connectivity index (χ4v) is 0.951. The number of amides is 2. The van der Waals surface area contributed by atoms with Crippen LogP contribution in [0, 0.1) is 0 Å². The van der Waals surface area contributed by atoms with Crippen LogP contribution in [0.25, 0.3) is 0 Å². The molecule has 0 unspecified atom stereocenters. The molecule has 0 aromatic heterocycles. The monoisotopic (exact) mass is 202 g/mol. The van der Waals surface area contributed by atoms with Gasteiger partial charge >= 0.3 is 0 Å². The number of carbonyl (C=O) groups is 2. The highest BCUT2D eigenvalue weighted by Crippen LogP contribution is 2.01. The molecule has 82 valence electrons. The van der Waals surface area contributed by atoms with E-state index in [-0.39, 0.29) is 12.5 Å². The Hall–Kier alpha value is -1.10. The van der Waals surface area contributed by atoms with Crippen LogP contribution in [0.3, 0.4) is 0 Å². The smallest absolute Gasteiger partial charge is 0.246 e. The van der Waals surface area contributed by atoms with Crippen LogP contribution >= 0.6 is 0 Å². The largest absolute Gasteiger partial charge is 0.368 e. The molecule has 2 amide bonds. The lowest BCUT2D eigenvalue weighted by Gasteiger charge is -2.03. The maximum absolute atomic E-state index is 11.0. The third-order valence-corrected chi connectivity index (χ3v) is 1.66. The first-order valence-electron chi connectivity index (χ1n) is 4.85. The van der Waals surface area contributed by atoms with Crippen LogP contribution in [0.4, 0.5) is 0 Å². The van der Waals surface area contributed by atoms with Crippen LogP contribution in [0.1, 0.15) is 39.0 Å². The maximum atomic E-state index is 11.0. The summed E-state index contributed by atoms with van der Waals surface area (Å²) in [6, 6.07) is 0. The van der Waals surface area contributed by atoms with Crippen LogP contribution in [-0.4, -0.2) is 18.4 Å². The Morgan fingerprint density at radius 3 is 2.57 bits per heavy atom. The average Bonchev–Trinajstić information content (AvgIpc) is 2.12. The molecular formula is C9H18N2O3. The summed E-state index contributed by atoms with van der Waals surface area (Å²) >= 11 is 0. The minimum atomic E-state index is -0.601. The van der Waals surface area contributed by atoms with Gasteiger partial charge in [-0.25, -0.2) is 5.48 Å². The first kappa shape index (κ1) is 12.9. The van der Waals surface area contributed by atoms with E-state index >= 15 is 0 Å². The third-order valence-electron chi connectivity index (χ3n) is 1.66. The first-order valence-corrected chi connectivity index (χ1v) is 4.85. The maximum Gasteiger partial charge on any atom is 0.246 e. The molecule has 0 saturated heterocycles. The number of nitrogens with two attached hydrogens (primary N) is 1. The van der Waals surface area contributed by atoms with Gasteiger partial charge in [-0.3, -0.25) is 14.4 Å². The van der Waals surface area contributed by atoms with Gasteiger partial charge in [-0.15, -0.1) is 0 Å². The average molecular weight is 202 g/mol. The van der Waals surface area contributed by atoms with E-state index in [1.54, 1.807) is 0 Å². The molecule has 0 aliphatic carbocycles. The highest BCUT2D eigenvalue weighted by atomic mass is 16.7. The SMILES string of the molecule is CCCCCCC(=O)NOCC(N)=O. The lowest BCUT2D eigenvalue weighted by atomic mass is 10.1. The third kappa shape index (κ3) is 8.99. The van der Waals surface area contributed by atoms with Crippen LogP contribution < -0.4 is 11.2 Å². The molecule has 5 nitrogen and oxygen atoms in total. The van der Waals surface area contributed by atoms with E-state index < -0.39 is 5.91 Å². The molecule has 0 spiro atoms. The van der Waals surface area contributed by atoms with E-state index in [9.17, 15) is 9.59 Å². The fraction of sp³-hybridized carbons (Fsp3) is 0.778. The number of rotatable bonds is 8. The number of hydroxylamine groups is 1. The summed E-state index contributed by atoms with van der Waals surface area (Å²) in [5.74, 6) is -0.807. The molecule has 0 aliphatic heterocycles. The lowest BCUT2D eigenvalue weighted by Crippen LogP contribution is -2.29. The molecule has 0 aromatic rings. The van der Waals surface area contributed by atoms with Crippen molar-refractivity contribution in [3.63, 3.8) is 0 Å². The van der Waals surface area contributed by atoms with Gasteiger partial charge in [0.05, 0.1) is 0 Å². The van der Waals surface area contributed by atoms with Gasteiger partial charge < -0.3 is 5.73 Å². The first-order chi connectivity index (χ1) is 6.66. The quantitative estimate of drug-likeness (QED) is 0.444. The summed E-state index contributed by atoms with van der Waals surface area (Å²) in [7, 11) is 0. The zero-order valence-electron chi connectivity index (χ0n) is 8.54.